The lowest BCUT2D eigenvalue weighted by Gasteiger charge is -2.19. The van der Waals surface area contributed by atoms with Crippen molar-refractivity contribution in [2.45, 2.75) is 32.4 Å². The minimum absolute atomic E-state index is 0.0364. The van der Waals surface area contributed by atoms with E-state index < -0.39 is 0 Å². The summed E-state index contributed by atoms with van der Waals surface area (Å²) in [6.45, 7) is 3.61. The molecule has 1 aromatic carbocycles. The standard InChI is InChI=1S/C17H17ClFN5/c1-2-13-10-4-3-9(19)7-11(10)15(21-13)23-16-12-8-20-6-5-14(12)22-17(18)24-16/h3-4,7,13,20H,2,5-6,8H2,1H3,(H,21,22,23,24). The normalized spacial score (nSPS) is 18.8. The van der Waals surface area contributed by atoms with Crippen molar-refractivity contribution in [3.05, 3.63) is 51.7 Å². The van der Waals surface area contributed by atoms with Crippen LogP contribution in [0.15, 0.2) is 23.2 Å². The molecule has 1 atom stereocenters. The molecule has 2 N–H and O–H groups in total. The van der Waals surface area contributed by atoms with E-state index >= 15 is 0 Å². The van der Waals surface area contributed by atoms with Crippen molar-refractivity contribution in [2.75, 3.05) is 11.9 Å². The number of halogens is 2. The molecule has 0 saturated carbocycles. The predicted octanol–water partition coefficient (Wildman–Crippen LogP) is 3.24. The van der Waals surface area contributed by atoms with E-state index in [0.29, 0.717) is 18.2 Å². The average molecular weight is 346 g/mol. The summed E-state index contributed by atoms with van der Waals surface area (Å²) in [5.74, 6) is 1.01. The molecule has 2 aliphatic heterocycles. The maximum atomic E-state index is 13.7. The Kier molecular flexibility index (Phi) is 3.94. The summed E-state index contributed by atoms with van der Waals surface area (Å²) in [6, 6.07) is 4.84. The van der Waals surface area contributed by atoms with Crippen LogP contribution in [0.5, 0.6) is 0 Å². The van der Waals surface area contributed by atoms with Crippen LogP contribution in [-0.4, -0.2) is 22.3 Å². The van der Waals surface area contributed by atoms with E-state index in [1.165, 1.54) is 12.1 Å². The van der Waals surface area contributed by atoms with E-state index in [1.807, 2.05) is 0 Å². The minimum atomic E-state index is -0.274. The number of fused-ring (bicyclic) bond motifs is 2. The molecule has 0 fully saturated rings. The number of benzene rings is 1. The van der Waals surface area contributed by atoms with Crippen molar-refractivity contribution in [2.24, 2.45) is 4.99 Å². The highest BCUT2D eigenvalue weighted by Crippen LogP contribution is 2.33. The van der Waals surface area contributed by atoms with Crippen molar-refractivity contribution in [1.29, 1.82) is 0 Å². The largest absolute Gasteiger partial charge is 0.324 e. The van der Waals surface area contributed by atoms with Crippen LogP contribution in [0.1, 0.15) is 41.8 Å². The number of rotatable bonds is 2. The van der Waals surface area contributed by atoms with Crippen molar-refractivity contribution < 1.29 is 4.39 Å². The van der Waals surface area contributed by atoms with E-state index in [4.69, 9.17) is 16.6 Å². The van der Waals surface area contributed by atoms with Gasteiger partial charge < -0.3 is 10.6 Å². The zero-order chi connectivity index (χ0) is 16.7. The average Bonchev–Trinajstić information content (AvgIpc) is 2.91. The van der Waals surface area contributed by atoms with Gasteiger partial charge in [0.15, 0.2) is 0 Å². The molecule has 0 amide bonds. The molecule has 4 rings (SSSR count). The maximum Gasteiger partial charge on any atom is 0.224 e. The van der Waals surface area contributed by atoms with Gasteiger partial charge in [0.25, 0.3) is 0 Å². The molecule has 0 saturated heterocycles. The first-order chi connectivity index (χ1) is 11.7. The molecular weight excluding hydrogens is 329 g/mol. The number of hydrogen-bond acceptors (Lipinski definition) is 5. The van der Waals surface area contributed by atoms with Gasteiger partial charge in [-0.25, -0.2) is 14.4 Å². The van der Waals surface area contributed by atoms with Gasteiger partial charge in [0.05, 0.1) is 11.7 Å². The van der Waals surface area contributed by atoms with Crippen LogP contribution >= 0.6 is 11.6 Å². The van der Waals surface area contributed by atoms with Gasteiger partial charge in [0.1, 0.15) is 17.5 Å². The number of aliphatic imine (C=N–C) groups is 1. The molecule has 1 aromatic heterocycles. The lowest BCUT2D eigenvalue weighted by atomic mass is 10.0. The molecule has 0 aliphatic carbocycles. The number of hydrogen-bond donors (Lipinski definition) is 2. The summed E-state index contributed by atoms with van der Waals surface area (Å²) in [4.78, 5) is 13.3. The second-order valence-corrected chi connectivity index (χ2v) is 6.29. The molecule has 24 heavy (non-hydrogen) atoms. The fraction of sp³-hybridized carbons (Fsp3) is 0.353. The fourth-order valence-corrected chi connectivity index (χ4v) is 3.44. The van der Waals surface area contributed by atoms with Crippen LogP contribution in [0.3, 0.4) is 0 Å². The van der Waals surface area contributed by atoms with Crippen LogP contribution in [0.2, 0.25) is 5.28 Å². The Morgan fingerprint density at radius 3 is 3.08 bits per heavy atom. The topological polar surface area (TPSA) is 62.2 Å². The predicted molar refractivity (Wildman–Crippen MR) is 92.0 cm³/mol. The fourth-order valence-electron chi connectivity index (χ4n) is 3.26. The van der Waals surface area contributed by atoms with Crippen molar-refractivity contribution in [3.63, 3.8) is 0 Å². The van der Waals surface area contributed by atoms with Crippen molar-refractivity contribution in [1.82, 2.24) is 15.3 Å². The lowest BCUT2D eigenvalue weighted by Crippen LogP contribution is -2.27. The highest BCUT2D eigenvalue weighted by molar-refractivity contribution is 6.28. The molecule has 0 spiro atoms. The van der Waals surface area contributed by atoms with Gasteiger partial charge in [0, 0.05) is 30.6 Å². The maximum absolute atomic E-state index is 13.7. The highest BCUT2D eigenvalue weighted by atomic mass is 35.5. The molecule has 7 heteroatoms. The van der Waals surface area contributed by atoms with Gasteiger partial charge in [-0.1, -0.05) is 13.0 Å². The molecule has 0 radical (unpaired) electrons. The van der Waals surface area contributed by atoms with E-state index in [-0.39, 0.29) is 17.1 Å². The van der Waals surface area contributed by atoms with Crippen LogP contribution < -0.4 is 10.6 Å². The minimum Gasteiger partial charge on any atom is -0.324 e. The molecule has 2 aliphatic rings. The summed E-state index contributed by atoms with van der Waals surface area (Å²) in [7, 11) is 0. The van der Waals surface area contributed by atoms with E-state index in [9.17, 15) is 4.39 Å². The molecule has 2 aromatic rings. The Hall–Kier alpha value is -2.05. The monoisotopic (exact) mass is 345 g/mol. The van der Waals surface area contributed by atoms with Gasteiger partial charge in [0.2, 0.25) is 5.28 Å². The van der Waals surface area contributed by atoms with Gasteiger partial charge >= 0.3 is 0 Å². The smallest absolute Gasteiger partial charge is 0.224 e. The number of nitrogens with one attached hydrogen (secondary N) is 2. The molecule has 124 valence electrons. The first-order valence-corrected chi connectivity index (χ1v) is 8.44. The van der Waals surface area contributed by atoms with Crippen molar-refractivity contribution in [3.8, 4) is 0 Å². The third-order valence-electron chi connectivity index (χ3n) is 4.44. The Morgan fingerprint density at radius 2 is 2.25 bits per heavy atom. The quantitative estimate of drug-likeness (QED) is 0.820. The molecule has 3 heterocycles. The zero-order valence-electron chi connectivity index (χ0n) is 13.2. The second kappa shape index (κ2) is 6.11. The van der Waals surface area contributed by atoms with Gasteiger partial charge in [-0.15, -0.1) is 0 Å². The van der Waals surface area contributed by atoms with Gasteiger partial charge in [-0.2, -0.15) is 0 Å². The highest BCUT2D eigenvalue weighted by Gasteiger charge is 2.26. The summed E-state index contributed by atoms with van der Waals surface area (Å²) >= 11 is 6.07. The number of nitrogens with zero attached hydrogens (tertiary/aromatic N) is 3. The second-order valence-electron chi connectivity index (χ2n) is 5.95. The van der Waals surface area contributed by atoms with E-state index in [2.05, 4.69) is 27.5 Å². The Balaban J connectivity index is 1.74. The summed E-state index contributed by atoms with van der Waals surface area (Å²) < 4.78 is 13.7. The summed E-state index contributed by atoms with van der Waals surface area (Å²) in [5, 5.41) is 6.79. The third-order valence-corrected chi connectivity index (χ3v) is 4.61. The Labute approximate surface area is 144 Å². The molecule has 1 unspecified atom stereocenters. The summed E-state index contributed by atoms with van der Waals surface area (Å²) in [6.07, 6.45) is 1.66. The summed E-state index contributed by atoms with van der Waals surface area (Å²) in [5.41, 5.74) is 3.76. The van der Waals surface area contributed by atoms with Crippen LogP contribution in [0, 0.1) is 5.82 Å². The van der Waals surface area contributed by atoms with Crippen molar-refractivity contribution >= 4 is 23.3 Å². The van der Waals surface area contributed by atoms with Crippen LogP contribution in [0.25, 0.3) is 0 Å². The van der Waals surface area contributed by atoms with Crippen LogP contribution in [0.4, 0.5) is 10.2 Å². The molecule has 0 bridgehead atoms. The number of aromatic nitrogens is 2. The van der Waals surface area contributed by atoms with E-state index in [0.717, 1.165) is 41.8 Å². The third kappa shape index (κ3) is 2.65. The number of anilines is 1. The van der Waals surface area contributed by atoms with Gasteiger partial charge in [-0.05, 0) is 35.7 Å². The van der Waals surface area contributed by atoms with Gasteiger partial charge in [-0.3, -0.25) is 4.99 Å². The van der Waals surface area contributed by atoms with Crippen LogP contribution in [-0.2, 0) is 13.0 Å². The zero-order valence-corrected chi connectivity index (χ0v) is 14.0. The lowest BCUT2D eigenvalue weighted by molar-refractivity contribution is 0.625. The first-order valence-electron chi connectivity index (χ1n) is 8.06. The Bertz CT molecular complexity index is 836. The van der Waals surface area contributed by atoms with E-state index in [1.54, 1.807) is 6.07 Å². The SMILES string of the molecule is CCC1N=C(Nc2nc(Cl)nc3c2CNCC3)c2cc(F)ccc21. The first kappa shape index (κ1) is 15.5. The number of amidine groups is 1. The molecule has 5 nitrogen and oxygen atoms in total. The molecular formula is C17H17ClFN5. The Morgan fingerprint density at radius 1 is 1.38 bits per heavy atom.